The van der Waals surface area contributed by atoms with Gasteiger partial charge in [0.2, 0.25) is 0 Å². The third-order valence-electron chi connectivity index (χ3n) is 7.65. The maximum absolute atomic E-state index is 13.2. The maximum Gasteiger partial charge on any atom is 0.253 e. The standard InChI is InChI=1S/C35H37N3O4/c39-22-21-37-17-19-38(20-18-37)35(41)30-8-3-7-29(24-30)34-9-2-1-6-31(34)26-42-33-14-11-27(12-15-33)23-32(40)13-10-28-5-4-16-36-25-28/h1-9,11-12,14-16,24-25,39H,10,13,17-23,26H2. The Morgan fingerprint density at radius 2 is 1.67 bits per heavy atom. The van der Waals surface area contributed by atoms with Crippen LogP contribution in [0, 0.1) is 0 Å². The van der Waals surface area contributed by atoms with Gasteiger partial charge in [-0.05, 0) is 64.6 Å². The van der Waals surface area contributed by atoms with Crippen molar-refractivity contribution in [3.8, 4) is 16.9 Å². The van der Waals surface area contributed by atoms with E-state index < -0.39 is 0 Å². The summed E-state index contributed by atoms with van der Waals surface area (Å²) in [6, 6.07) is 27.4. The molecule has 0 atom stereocenters. The van der Waals surface area contributed by atoms with Gasteiger partial charge in [-0.25, -0.2) is 0 Å². The number of benzene rings is 3. The Balaban J connectivity index is 1.18. The third kappa shape index (κ3) is 7.90. The third-order valence-corrected chi connectivity index (χ3v) is 7.65. The molecule has 1 aliphatic rings. The first-order valence-corrected chi connectivity index (χ1v) is 14.5. The number of aryl methyl sites for hydroxylation is 1. The van der Waals surface area contributed by atoms with Crippen LogP contribution < -0.4 is 4.74 Å². The van der Waals surface area contributed by atoms with Crippen LogP contribution in [0.4, 0.5) is 0 Å². The largest absolute Gasteiger partial charge is 0.489 e. The monoisotopic (exact) mass is 563 g/mol. The lowest BCUT2D eigenvalue weighted by Crippen LogP contribution is -2.49. The van der Waals surface area contributed by atoms with Gasteiger partial charge >= 0.3 is 0 Å². The summed E-state index contributed by atoms with van der Waals surface area (Å²) in [7, 11) is 0. The van der Waals surface area contributed by atoms with Gasteiger partial charge in [0.15, 0.2) is 0 Å². The Kier molecular flexibility index (Phi) is 10.1. The van der Waals surface area contributed by atoms with Gasteiger partial charge in [-0.2, -0.15) is 0 Å². The van der Waals surface area contributed by atoms with Gasteiger partial charge in [0, 0.05) is 63.5 Å². The van der Waals surface area contributed by atoms with Gasteiger partial charge < -0.3 is 14.7 Å². The highest BCUT2D eigenvalue weighted by molar-refractivity contribution is 5.95. The number of rotatable bonds is 12. The van der Waals surface area contributed by atoms with Crippen LogP contribution in [0.1, 0.15) is 33.5 Å². The zero-order chi connectivity index (χ0) is 29.1. The fraction of sp³-hybridized carbons (Fsp3) is 0.286. The van der Waals surface area contributed by atoms with Crippen molar-refractivity contribution in [1.29, 1.82) is 0 Å². The van der Waals surface area contributed by atoms with E-state index in [1.54, 1.807) is 12.4 Å². The SMILES string of the molecule is O=C(CCc1cccnc1)Cc1ccc(OCc2ccccc2-c2cccc(C(=O)N3CCN(CCO)CC3)c2)cc1. The summed E-state index contributed by atoms with van der Waals surface area (Å²) in [6.45, 7) is 4.03. The Morgan fingerprint density at radius 1 is 0.857 bits per heavy atom. The zero-order valence-electron chi connectivity index (χ0n) is 23.8. The summed E-state index contributed by atoms with van der Waals surface area (Å²) in [4.78, 5) is 33.9. The van der Waals surface area contributed by atoms with E-state index in [1.807, 2.05) is 83.8 Å². The highest BCUT2D eigenvalue weighted by Crippen LogP contribution is 2.27. The molecule has 4 aromatic rings. The average Bonchev–Trinajstić information content (AvgIpc) is 3.04. The molecule has 216 valence electrons. The van der Waals surface area contributed by atoms with Crippen molar-refractivity contribution >= 4 is 11.7 Å². The predicted octanol–water partition coefficient (Wildman–Crippen LogP) is 4.82. The van der Waals surface area contributed by atoms with E-state index in [0.717, 1.165) is 46.7 Å². The molecule has 1 fully saturated rings. The smallest absolute Gasteiger partial charge is 0.253 e. The molecule has 0 aliphatic carbocycles. The lowest BCUT2D eigenvalue weighted by molar-refractivity contribution is -0.118. The number of nitrogens with zero attached hydrogens (tertiary/aromatic N) is 3. The lowest BCUT2D eigenvalue weighted by atomic mass is 9.98. The highest BCUT2D eigenvalue weighted by atomic mass is 16.5. The average molecular weight is 564 g/mol. The van der Waals surface area contributed by atoms with E-state index in [4.69, 9.17) is 4.74 Å². The van der Waals surface area contributed by atoms with E-state index in [1.165, 1.54) is 0 Å². The van der Waals surface area contributed by atoms with Crippen LogP contribution >= 0.6 is 0 Å². The van der Waals surface area contributed by atoms with Crippen LogP contribution in [0.25, 0.3) is 11.1 Å². The number of Topliss-reactive ketones (excluding diaryl/α,β-unsaturated/α-hetero) is 1. The van der Waals surface area contributed by atoms with Gasteiger partial charge in [-0.15, -0.1) is 0 Å². The predicted molar refractivity (Wildman–Crippen MR) is 163 cm³/mol. The molecule has 1 N–H and O–H groups in total. The highest BCUT2D eigenvalue weighted by Gasteiger charge is 2.22. The van der Waals surface area contributed by atoms with Crippen LogP contribution in [0.3, 0.4) is 0 Å². The van der Waals surface area contributed by atoms with E-state index in [2.05, 4.69) is 16.0 Å². The van der Waals surface area contributed by atoms with Crippen LogP contribution in [0.5, 0.6) is 5.75 Å². The van der Waals surface area contributed by atoms with Gasteiger partial charge in [0.05, 0.1) is 6.61 Å². The van der Waals surface area contributed by atoms with E-state index in [-0.39, 0.29) is 18.3 Å². The number of piperazine rings is 1. The summed E-state index contributed by atoms with van der Waals surface area (Å²) in [5.41, 5.74) is 5.73. The van der Waals surface area contributed by atoms with Crippen LogP contribution in [0.2, 0.25) is 0 Å². The molecular formula is C35H37N3O4. The fourth-order valence-electron chi connectivity index (χ4n) is 5.26. The van der Waals surface area contributed by atoms with Gasteiger partial charge in [-0.1, -0.05) is 54.6 Å². The molecule has 0 saturated carbocycles. The Morgan fingerprint density at radius 3 is 2.43 bits per heavy atom. The summed E-state index contributed by atoms with van der Waals surface area (Å²) >= 11 is 0. The molecule has 0 bridgehead atoms. The molecule has 2 heterocycles. The van der Waals surface area contributed by atoms with Crippen molar-refractivity contribution < 1.29 is 19.4 Å². The molecule has 1 amide bonds. The number of β-amino-alcohol motifs (C(OH)–C–C–N with tert-alkyl or cyclic N) is 1. The van der Waals surface area contributed by atoms with Crippen molar-refractivity contribution in [3.63, 3.8) is 0 Å². The molecule has 7 heteroatoms. The molecule has 7 nitrogen and oxygen atoms in total. The number of amides is 1. The van der Waals surface area contributed by atoms with Crippen molar-refractivity contribution in [1.82, 2.24) is 14.8 Å². The number of hydrogen-bond acceptors (Lipinski definition) is 6. The minimum atomic E-state index is 0.0323. The molecule has 1 aliphatic heterocycles. The summed E-state index contributed by atoms with van der Waals surface area (Å²) < 4.78 is 6.13. The number of carbonyl (C=O) groups is 2. The number of carbonyl (C=O) groups excluding carboxylic acids is 2. The second-order valence-corrected chi connectivity index (χ2v) is 10.6. The number of aliphatic hydroxyl groups is 1. The number of aliphatic hydroxyl groups excluding tert-OH is 1. The van der Waals surface area contributed by atoms with E-state index in [9.17, 15) is 14.7 Å². The van der Waals surface area contributed by atoms with Crippen molar-refractivity contribution in [3.05, 3.63) is 120 Å². The lowest BCUT2D eigenvalue weighted by Gasteiger charge is -2.34. The molecule has 1 saturated heterocycles. The molecular weight excluding hydrogens is 526 g/mol. The zero-order valence-corrected chi connectivity index (χ0v) is 23.8. The van der Waals surface area contributed by atoms with Crippen LogP contribution in [-0.2, 0) is 24.2 Å². The van der Waals surface area contributed by atoms with Crippen molar-refractivity contribution in [2.24, 2.45) is 0 Å². The molecule has 5 rings (SSSR count). The van der Waals surface area contributed by atoms with E-state index in [0.29, 0.717) is 51.1 Å². The van der Waals surface area contributed by atoms with Crippen molar-refractivity contribution in [2.45, 2.75) is 25.9 Å². The number of ether oxygens (including phenoxy) is 1. The van der Waals surface area contributed by atoms with Gasteiger partial charge in [-0.3, -0.25) is 19.5 Å². The Labute approximate surface area is 247 Å². The van der Waals surface area contributed by atoms with Crippen LogP contribution in [0.15, 0.2) is 97.3 Å². The van der Waals surface area contributed by atoms with Gasteiger partial charge in [0.1, 0.15) is 18.1 Å². The quantitative estimate of drug-likeness (QED) is 0.266. The summed E-state index contributed by atoms with van der Waals surface area (Å²) in [6.07, 6.45) is 5.13. The minimum Gasteiger partial charge on any atom is -0.489 e. The fourth-order valence-corrected chi connectivity index (χ4v) is 5.26. The molecule has 3 aromatic carbocycles. The molecule has 0 spiro atoms. The number of aromatic nitrogens is 1. The first-order chi connectivity index (χ1) is 20.6. The molecule has 0 unspecified atom stereocenters. The first kappa shape index (κ1) is 29.2. The van der Waals surface area contributed by atoms with Crippen molar-refractivity contribution in [2.75, 3.05) is 39.3 Å². The summed E-state index contributed by atoms with van der Waals surface area (Å²) in [5.74, 6) is 0.969. The van der Waals surface area contributed by atoms with Crippen LogP contribution in [-0.4, -0.2) is 70.9 Å². The number of pyridine rings is 1. The molecule has 0 radical (unpaired) electrons. The normalized spacial score (nSPS) is 13.6. The number of ketones is 1. The molecule has 1 aromatic heterocycles. The maximum atomic E-state index is 13.2. The second kappa shape index (κ2) is 14.5. The minimum absolute atomic E-state index is 0.0323. The Hall–Kier alpha value is -4.33. The second-order valence-electron chi connectivity index (χ2n) is 10.6. The topological polar surface area (TPSA) is 83.0 Å². The summed E-state index contributed by atoms with van der Waals surface area (Å²) in [5, 5.41) is 9.18. The molecule has 42 heavy (non-hydrogen) atoms. The van der Waals surface area contributed by atoms with Gasteiger partial charge in [0.25, 0.3) is 5.91 Å². The van der Waals surface area contributed by atoms with E-state index >= 15 is 0 Å². The first-order valence-electron chi connectivity index (χ1n) is 14.5. The Bertz CT molecular complexity index is 1470. The number of hydrogen-bond donors (Lipinski definition) is 1.